The average molecular weight is 460 g/mol. The number of carbonyl (C=O) groups is 2. The summed E-state index contributed by atoms with van der Waals surface area (Å²) < 4.78 is 5.63. The minimum atomic E-state index is -0.459. The highest BCUT2D eigenvalue weighted by molar-refractivity contribution is 6.39. The van der Waals surface area contributed by atoms with Crippen molar-refractivity contribution < 1.29 is 14.3 Å². The molecule has 3 rings (SSSR count). The lowest BCUT2D eigenvalue weighted by molar-refractivity contribution is -0.125. The maximum atomic E-state index is 12.3. The van der Waals surface area contributed by atoms with Crippen LogP contribution in [-0.2, 0) is 9.59 Å². The first-order valence-corrected chi connectivity index (χ1v) is 10.4. The predicted molar refractivity (Wildman–Crippen MR) is 124 cm³/mol. The third-order valence-corrected chi connectivity index (χ3v) is 5.31. The summed E-state index contributed by atoms with van der Waals surface area (Å²) in [5.41, 5.74) is 5.05. The van der Waals surface area contributed by atoms with Gasteiger partial charge < -0.3 is 15.4 Å². The Morgan fingerprint density at radius 2 is 1.65 bits per heavy atom. The number of fused-ring (bicyclic) bond motifs is 1. The maximum Gasteiger partial charge on any atom is 0.258 e. The van der Waals surface area contributed by atoms with Crippen LogP contribution in [0.5, 0.6) is 5.75 Å². The van der Waals surface area contributed by atoms with Crippen molar-refractivity contribution in [2.45, 2.75) is 27.7 Å². The smallest absolute Gasteiger partial charge is 0.258 e. The van der Waals surface area contributed by atoms with Crippen LogP contribution in [-0.4, -0.2) is 29.9 Å². The Bertz CT molecular complexity index is 1160. The largest absolute Gasteiger partial charge is 0.480 e. The summed E-state index contributed by atoms with van der Waals surface area (Å²) in [5.74, 6) is -0.509. The van der Waals surface area contributed by atoms with E-state index in [1.165, 1.54) is 0 Å². The zero-order valence-electron chi connectivity index (χ0n) is 17.7. The number of hydrogen-bond acceptors (Lipinski definition) is 4. The van der Waals surface area contributed by atoms with Crippen LogP contribution in [0, 0.1) is 27.7 Å². The predicted octanol–water partition coefficient (Wildman–Crippen LogP) is 4.91. The van der Waals surface area contributed by atoms with Gasteiger partial charge in [0.15, 0.2) is 12.4 Å². The average Bonchev–Trinajstić information content (AvgIpc) is 2.68. The molecule has 2 N–H and O–H groups in total. The van der Waals surface area contributed by atoms with Crippen LogP contribution in [0.2, 0.25) is 10.0 Å². The number of carbonyl (C=O) groups excluding carboxylic acids is 2. The molecule has 0 saturated heterocycles. The first kappa shape index (κ1) is 22.8. The number of nitrogens with zero attached hydrogens (tertiary/aromatic N) is 1. The summed E-state index contributed by atoms with van der Waals surface area (Å²) in [4.78, 5) is 28.9. The molecule has 1 heterocycles. The Kier molecular flexibility index (Phi) is 7.03. The minimum absolute atomic E-state index is 0.179. The van der Waals surface area contributed by atoms with E-state index in [0.29, 0.717) is 15.9 Å². The second-order valence-electron chi connectivity index (χ2n) is 7.41. The van der Waals surface area contributed by atoms with Gasteiger partial charge in [-0.25, -0.2) is 4.98 Å². The van der Waals surface area contributed by atoms with Crippen LogP contribution >= 0.6 is 23.2 Å². The van der Waals surface area contributed by atoms with Crippen molar-refractivity contribution >= 4 is 51.6 Å². The molecule has 0 aliphatic heterocycles. The number of pyridine rings is 1. The van der Waals surface area contributed by atoms with Crippen LogP contribution in [0.3, 0.4) is 0 Å². The SMILES string of the molecule is Cc1cc(C)c(NC(=O)CNC(=O)COc2c(Cl)cc(Cl)c3ccc(C)nc23)c(C)c1. The molecule has 162 valence electrons. The van der Waals surface area contributed by atoms with Crippen LogP contribution < -0.4 is 15.4 Å². The lowest BCUT2D eigenvalue weighted by Gasteiger charge is -2.14. The summed E-state index contributed by atoms with van der Waals surface area (Å²) in [6.45, 7) is 7.19. The third kappa shape index (κ3) is 5.46. The minimum Gasteiger partial charge on any atom is -0.480 e. The highest BCUT2D eigenvalue weighted by atomic mass is 35.5. The van der Waals surface area contributed by atoms with Gasteiger partial charge in [0.1, 0.15) is 5.52 Å². The monoisotopic (exact) mass is 459 g/mol. The van der Waals surface area contributed by atoms with E-state index in [9.17, 15) is 9.59 Å². The Morgan fingerprint density at radius 3 is 2.32 bits per heavy atom. The van der Waals surface area contributed by atoms with Gasteiger partial charge in [-0.1, -0.05) is 40.9 Å². The zero-order valence-corrected chi connectivity index (χ0v) is 19.2. The first-order valence-electron chi connectivity index (χ1n) is 9.68. The van der Waals surface area contributed by atoms with E-state index in [-0.39, 0.29) is 29.8 Å². The van der Waals surface area contributed by atoms with Gasteiger partial charge in [0, 0.05) is 16.8 Å². The molecule has 0 unspecified atom stereocenters. The summed E-state index contributed by atoms with van der Waals surface area (Å²) in [7, 11) is 0. The molecule has 0 aliphatic rings. The molecular weight excluding hydrogens is 437 g/mol. The molecule has 0 bridgehead atoms. The highest BCUT2D eigenvalue weighted by Gasteiger charge is 2.15. The van der Waals surface area contributed by atoms with Crippen molar-refractivity contribution in [1.29, 1.82) is 0 Å². The van der Waals surface area contributed by atoms with E-state index < -0.39 is 5.91 Å². The van der Waals surface area contributed by atoms with Crippen molar-refractivity contribution in [3.63, 3.8) is 0 Å². The fraction of sp³-hybridized carbons (Fsp3) is 0.261. The molecule has 0 fully saturated rings. The fourth-order valence-electron chi connectivity index (χ4n) is 3.36. The standard InChI is InChI=1S/C23H23Cl2N3O3/c1-12-7-13(2)21(14(3)8-12)28-19(29)10-26-20(30)11-31-23-18(25)9-17(24)16-6-5-15(4)27-22(16)23/h5-9H,10-11H2,1-4H3,(H,26,30)(H,28,29). The molecule has 0 spiro atoms. The molecule has 1 aromatic heterocycles. The molecule has 3 aromatic rings. The second-order valence-corrected chi connectivity index (χ2v) is 8.22. The summed E-state index contributed by atoms with van der Waals surface area (Å²) in [6, 6.07) is 9.18. The molecule has 2 aromatic carbocycles. The number of hydrogen-bond donors (Lipinski definition) is 2. The van der Waals surface area contributed by atoms with Crippen LogP contribution in [0.25, 0.3) is 10.9 Å². The highest BCUT2D eigenvalue weighted by Crippen LogP contribution is 2.37. The normalized spacial score (nSPS) is 10.8. The van der Waals surface area contributed by atoms with E-state index in [0.717, 1.165) is 28.1 Å². The van der Waals surface area contributed by atoms with Gasteiger partial charge in [-0.05, 0) is 57.0 Å². The van der Waals surface area contributed by atoms with Gasteiger partial charge in [-0.15, -0.1) is 0 Å². The van der Waals surface area contributed by atoms with Crippen molar-refractivity contribution in [2.24, 2.45) is 0 Å². The molecule has 0 aliphatic carbocycles. The number of aromatic nitrogens is 1. The number of ether oxygens (including phenoxy) is 1. The van der Waals surface area contributed by atoms with Crippen molar-refractivity contribution in [1.82, 2.24) is 10.3 Å². The molecule has 0 saturated carbocycles. The Hall–Kier alpha value is -2.83. The summed E-state index contributed by atoms with van der Waals surface area (Å²) >= 11 is 12.5. The quantitative estimate of drug-likeness (QED) is 0.548. The van der Waals surface area contributed by atoms with E-state index >= 15 is 0 Å². The second kappa shape index (κ2) is 9.54. The molecule has 0 radical (unpaired) electrons. The third-order valence-electron chi connectivity index (χ3n) is 4.71. The molecule has 2 amide bonds. The Balaban J connectivity index is 1.61. The Morgan fingerprint density at radius 1 is 0.968 bits per heavy atom. The molecule has 6 nitrogen and oxygen atoms in total. The Labute approximate surface area is 190 Å². The van der Waals surface area contributed by atoms with E-state index in [4.69, 9.17) is 27.9 Å². The van der Waals surface area contributed by atoms with E-state index in [2.05, 4.69) is 15.6 Å². The van der Waals surface area contributed by atoms with Crippen LogP contribution in [0.15, 0.2) is 30.3 Å². The van der Waals surface area contributed by atoms with E-state index in [1.807, 2.05) is 52.0 Å². The lowest BCUT2D eigenvalue weighted by Crippen LogP contribution is -2.36. The molecule has 8 heteroatoms. The number of rotatable bonds is 6. The summed E-state index contributed by atoms with van der Waals surface area (Å²) in [5, 5.41) is 6.77. The fourth-order valence-corrected chi connectivity index (χ4v) is 3.93. The number of benzene rings is 2. The van der Waals surface area contributed by atoms with Gasteiger partial charge in [-0.2, -0.15) is 0 Å². The number of anilines is 1. The topological polar surface area (TPSA) is 80.3 Å². The van der Waals surface area contributed by atoms with Crippen LogP contribution in [0.4, 0.5) is 5.69 Å². The number of nitrogens with one attached hydrogen (secondary N) is 2. The molecular formula is C23H23Cl2N3O3. The van der Waals surface area contributed by atoms with Crippen molar-refractivity contribution in [2.75, 3.05) is 18.5 Å². The van der Waals surface area contributed by atoms with Gasteiger partial charge in [0.25, 0.3) is 5.91 Å². The molecule has 31 heavy (non-hydrogen) atoms. The van der Waals surface area contributed by atoms with Gasteiger partial charge in [0.2, 0.25) is 5.91 Å². The van der Waals surface area contributed by atoms with Crippen LogP contribution in [0.1, 0.15) is 22.4 Å². The number of halogens is 2. The first-order chi connectivity index (χ1) is 14.7. The van der Waals surface area contributed by atoms with Crippen molar-refractivity contribution in [3.05, 3.63) is 62.8 Å². The summed E-state index contributed by atoms with van der Waals surface area (Å²) in [6.07, 6.45) is 0. The zero-order chi connectivity index (χ0) is 22.7. The van der Waals surface area contributed by atoms with Gasteiger partial charge in [-0.3, -0.25) is 9.59 Å². The van der Waals surface area contributed by atoms with E-state index in [1.54, 1.807) is 6.07 Å². The van der Waals surface area contributed by atoms with Crippen molar-refractivity contribution in [3.8, 4) is 5.75 Å². The number of aryl methyl sites for hydroxylation is 4. The van der Waals surface area contributed by atoms with Gasteiger partial charge in [0.05, 0.1) is 16.6 Å². The molecule has 0 atom stereocenters. The van der Waals surface area contributed by atoms with Gasteiger partial charge >= 0.3 is 0 Å². The maximum absolute atomic E-state index is 12.3. The lowest BCUT2D eigenvalue weighted by atomic mass is 10.1. The number of amides is 2.